The number of hydrogen-bond donors (Lipinski definition) is 1. The molecule has 0 saturated heterocycles. The fourth-order valence-corrected chi connectivity index (χ4v) is 2.97. The van der Waals surface area contributed by atoms with Crippen LogP contribution in [0.1, 0.15) is 43.6 Å². The van der Waals surface area contributed by atoms with Gasteiger partial charge in [0, 0.05) is 29.5 Å². The predicted octanol–water partition coefficient (Wildman–Crippen LogP) is 3.51. The normalized spacial score (nSPS) is 12.6. The summed E-state index contributed by atoms with van der Waals surface area (Å²) in [6.07, 6.45) is 4.87. The molecule has 0 amide bonds. The third-order valence-electron chi connectivity index (χ3n) is 2.40. The number of anilines is 1. The Kier molecular flexibility index (Phi) is 4.44. The van der Waals surface area contributed by atoms with Gasteiger partial charge in [-0.3, -0.25) is 0 Å². The summed E-state index contributed by atoms with van der Waals surface area (Å²) in [4.78, 5) is 8.81. The van der Waals surface area contributed by atoms with Crippen LogP contribution >= 0.6 is 22.9 Å². The molecule has 0 fully saturated rings. The van der Waals surface area contributed by atoms with Gasteiger partial charge in [0.2, 0.25) is 5.13 Å². The molecule has 1 N–H and O–H groups in total. The first kappa shape index (κ1) is 12.4. The molecule has 0 spiro atoms. The topological polar surface area (TPSA) is 50.7 Å². The molecule has 2 heterocycles. The molecule has 0 aliphatic heterocycles. The van der Waals surface area contributed by atoms with Crippen molar-refractivity contribution in [3.05, 3.63) is 22.4 Å². The van der Waals surface area contributed by atoms with E-state index in [2.05, 4.69) is 33.5 Å². The molecule has 0 bridgehead atoms. The van der Waals surface area contributed by atoms with E-state index < -0.39 is 0 Å². The smallest absolute Gasteiger partial charge is 0.203 e. The Morgan fingerprint density at radius 3 is 2.94 bits per heavy atom. The standard InChI is InChI=1S/C11H16N4S2/c1-3-5-9-14-11(17-15-9)13-8(4-2)10-12-6-7-16-10/h6-8H,3-5H2,1-2H3,(H,13,14,15). The molecule has 92 valence electrons. The van der Waals surface area contributed by atoms with Crippen LogP contribution in [-0.4, -0.2) is 14.3 Å². The summed E-state index contributed by atoms with van der Waals surface area (Å²) in [7, 11) is 0. The second-order valence-electron chi connectivity index (χ2n) is 3.74. The molecule has 2 rings (SSSR count). The van der Waals surface area contributed by atoms with E-state index in [4.69, 9.17) is 0 Å². The third-order valence-corrected chi connectivity index (χ3v) is 3.97. The Bertz CT molecular complexity index is 438. The van der Waals surface area contributed by atoms with E-state index in [1.807, 2.05) is 11.6 Å². The van der Waals surface area contributed by atoms with Gasteiger partial charge >= 0.3 is 0 Å². The summed E-state index contributed by atoms with van der Waals surface area (Å²) in [5.74, 6) is 0.939. The van der Waals surface area contributed by atoms with Gasteiger partial charge in [-0.15, -0.1) is 11.3 Å². The summed E-state index contributed by atoms with van der Waals surface area (Å²) >= 11 is 3.11. The molecule has 6 heteroatoms. The Morgan fingerprint density at radius 1 is 1.41 bits per heavy atom. The van der Waals surface area contributed by atoms with Crippen molar-refractivity contribution in [2.45, 2.75) is 39.2 Å². The van der Waals surface area contributed by atoms with Crippen LogP contribution in [-0.2, 0) is 6.42 Å². The van der Waals surface area contributed by atoms with E-state index in [0.29, 0.717) is 0 Å². The van der Waals surface area contributed by atoms with E-state index in [9.17, 15) is 0 Å². The zero-order chi connectivity index (χ0) is 12.1. The van der Waals surface area contributed by atoms with Crippen molar-refractivity contribution >= 4 is 28.0 Å². The van der Waals surface area contributed by atoms with Crippen LogP contribution in [0, 0.1) is 0 Å². The summed E-state index contributed by atoms with van der Waals surface area (Å²) in [6.45, 7) is 4.28. The lowest BCUT2D eigenvalue weighted by Gasteiger charge is -2.12. The molecule has 0 saturated carbocycles. The van der Waals surface area contributed by atoms with E-state index in [0.717, 1.165) is 35.2 Å². The largest absolute Gasteiger partial charge is 0.351 e. The maximum Gasteiger partial charge on any atom is 0.203 e. The van der Waals surface area contributed by atoms with E-state index >= 15 is 0 Å². The van der Waals surface area contributed by atoms with Crippen molar-refractivity contribution in [2.75, 3.05) is 5.32 Å². The SMILES string of the molecule is CCCc1nsc(NC(CC)c2nccs2)n1. The van der Waals surface area contributed by atoms with Gasteiger partial charge in [0.15, 0.2) is 0 Å². The van der Waals surface area contributed by atoms with Gasteiger partial charge in [0.1, 0.15) is 10.8 Å². The van der Waals surface area contributed by atoms with Crippen LogP contribution in [0.15, 0.2) is 11.6 Å². The summed E-state index contributed by atoms with van der Waals surface area (Å²) in [5, 5.41) is 7.41. The highest BCUT2D eigenvalue weighted by molar-refractivity contribution is 7.10. The number of nitrogens with zero attached hydrogens (tertiary/aromatic N) is 3. The second kappa shape index (κ2) is 6.07. The molecule has 1 atom stereocenters. The van der Waals surface area contributed by atoms with Crippen LogP contribution in [0.3, 0.4) is 0 Å². The van der Waals surface area contributed by atoms with Gasteiger partial charge in [-0.1, -0.05) is 13.8 Å². The number of nitrogens with one attached hydrogen (secondary N) is 1. The maximum atomic E-state index is 4.47. The first-order chi connectivity index (χ1) is 8.33. The highest BCUT2D eigenvalue weighted by Gasteiger charge is 2.13. The molecule has 1 unspecified atom stereocenters. The fraction of sp³-hybridized carbons (Fsp3) is 0.545. The first-order valence-corrected chi connectivity index (χ1v) is 7.47. The van der Waals surface area contributed by atoms with Gasteiger partial charge in [-0.25, -0.2) is 9.97 Å². The fourth-order valence-electron chi connectivity index (χ4n) is 1.53. The quantitative estimate of drug-likeness (QED) is 0.871. The Balaban J connectivity index is 2.02. The predicted molar refractivity (Wildman–Crippen MR) is 72.7 cm³/mol. The van der Waals surface area contributed by atoms with Crippen molar-refractivity contribution in [1.29, 1.82) is 0 Å². The van der Waals surface area contributed by atoms with Crippen molar-refractivity contribution < 1.29 is 0 Å². The maximum absolute atomic E-state index is 4.47. The van der Waals surface area contributed by atoms with Crippen molar-refractivity contribution in [3.8, 4) is 0 Å². The molecule has 2 aromatic heterocycles. The van der Waals surface area contributed by atoms with Crippen LogP contribution in [0.5, 0.6) is 0 Å². The number of hydrogen-bond acceptors (Lipinski definition) is 6. The van der Waals surface area contributed by atoms with Crippen LogP contribution in [0.2, 0.25) is 0 Å². The molecular weight excluding hydrogens is 252 g/mol. The van der Waals surface area contributed by atoms with Crippen LogP contribution in [0.4, 0.5) is 5.13 Å². The van der Waals surface area contributed by atoms with Crippen molar-refractivity contribution in [1.82, 2.24) is 14.3 Å². The molecular formula is C11H16N4S2. The lowest BCUT2D eigenvalue weighted by atomic mass is 10.2. The number of aromatic nitrogens is 3. The minimum absolute atomic E-state index is 0.248. The zero-order valence-corrected chi connectivity index (χ0v) is 11.6. The summed E-state index contributed by atoms with van der Waals surface area (Å²) in [6, 6.07) is 0.248. The first-order valence-electron chi connectivity index (χ1n) is 5.82. The highest BCUT2D eigenvalue weighted by atomic mass is 32.1. The van der Waals surface area contributed by atoms with Gasteiger partial charge < -0.3 is 5.32 Å². The molecule has 0 radical (unpaired) electrons. The average molecular weight is 268 g/mol. The summed E-state index contributed by atoms with van der Waals surface area (Å²) < 4.78 is 4.33. The van der Waals surface area contributed by atoms with Crippen molar-refractivity contribution in [3.63, 3.8) is 0 Å². The lowest BCUT2D eigenvalue weighted by molar-refractivity contribution is 0.739. The molecule has 17 heavy (non-hydrogen) atoms. The van der Waals surface area contributed by atoms with Crippen LogP contribution in [0.25, 0.3) is 0 Å². The van der Waals surface area contributed by atoms with E-state index in [-0.39, 0.29) is 6.04 Å². The van der Waals surface area contributed by atoms with Crippen molar-refractivity contribution in [2.24, 2.45) is 0 Å². The highest BCUT2D eigenvalue weighted by Crippen LogP contribution is 2.25. The zero-order valence-electron chi connectivity index (χ0n) is 10.0. The molecule has 0 aliphatic rings. The molecule has 4 nitrogen and oxygen atoms in total. The average Bonchev–Trinajstić information content (AvgIpc) is 2.97. The van der Waals surface area contributed by atoms with Crippen LogP contribution < -0.4 is 5.32 Å². The lowest BCUT2D eigenvalue weighted by Crippen LogP contribution is -2.09. The molecule has 2 aromatic rings. The van der Waals surface area contributed by atoms with Gasteiger partial charge in [0.05, 0.1) is 6.04 Å². The van der Waals surface area contributed by atoms with Gasteiger partial charge in [-0.05, 0) is 12.8 Å². The third kappa shape index (κ3) is 3.23. The van der Waals surface area contributed by atoms with E-state index in [1.54, 1.807) is 11.3 Å². The Hall–Kier alpha value is -1.01. The monoisotopic (exact) mass is 268 g/mol. The minimum Gasteiger partial charge on any atom is -0.351 e. The Morgan fingerprint density at radius 2 is 2.29 bits per heavy atom. The molecule has 0 aliphatic carbocycles. The Labute approximate surface area is 109 Å². The number of aryl methyl sites for hydroxylation is 1. The molecule has 0 aromatic carbocycles. The van der Waals surface area contributed by atoms with Gasteiger partial charge in [-0.2, -0.15) is 4.37 Å². The van der Waals surface area contributed by atoms with Gasteiger partial charge in [0.25, 0.3) is 0 Å². The second-order valence-corrected chi connectivity index (χ2v) is 5.42. The van der Waals surface area contributed by atoms with E-state index in [1.165, 1.54) is 11.5 Å². The number of rotatable bonds is 6. The minimum atomic E-state index is 0.248. The number of thiazole rings is 1. The summed E-state index contributed by atoms with van der Waals surface area (Å²) in [5.41, 5.74) is 0.